The molecule has 0 bridgehead atoms. The third-order valence-corrected chi connectivity index (χ3v) is 2.14. The average Bonchev–Trinajstić information content (AvgIpc) is 2.18. The maximum absolute atomic E-state index is 11.5. The first-order valence-electron chi connectivity index (χ1n) is 5.00. The smallest absolute Gasteiger partial charge is 0.323 e. The van der Waals surface area contributed by atoms with Gasteiger partial charge < -0.3 is 4.74 Å². The number of hydrogen-bond acceptors (Lipinski definition) is 3. The molecule has 2 unspecified atom stereocenters. The predicted molar refractivity (Wildman–Crippen MR) is 57.8 cm³/mol. The first kappa shape index (κ1) is 13.5. The van der Waals surface area contributed by atoms with Gasteiger partial charge in [-0.1, -0.05) is 20.4 Å². The van der Waals surface area contributed by atoms with Gasteiger partial charge in [0.1, 0.15) is 0 Å². The van der Waals surface area contributed by atoms with Crippen LogP contribution in [0.4, 0.5) is 0 Å². The van der Waals surface area contributed by atoms with Crippen LogP contribution in [-0.4, -0.2) is 12.6 Å². The lowest BCUT2D eigenvalue weighted by molar-refractivity contribution is -0.147. The van der Waals surface area contributed by atoms with E-state index in [4.69, 9.17) is 10.00 Å². The van der Waals surface area contributed by atoms with Crippen LogP contribution in [0.5, 0.6) is 0 Å². The van der Waals surface area contributed by atoms with Crippen LogP contribution in [-0.2, 0) is 9.53 Å². The summed E-state index contributed by atoms with van der Waals surface area (Å²) < 4.78 is 4.84. The number of esters is 1. The lowest BCUT2D eigenvalue weighted by Gasteiger charge is -2.19. The molecule has 0 aromatic heterocycles. The van der Waals surface area contributed by atoms with Crippen molar-refractivity contribution in [2.24, 2.45) is 17.8 Å². The summed E-state index contributed by atoms with van der Waals surface area (Å²) >= 11 is 0. The first-order chi connectivity index (χ1) is 7.08. The fourth-order valence-corrected chi connectivity index (χ4v) is 1.34. The number of ether oxygens (including phenoxy) is 1. The molecular weight excluding hydrogens is 190 g/mol. The van der Waals surface area contributed by atoms with Crippen LogP contribution in [0.15, 0.2) is 18.4 Å². The number of nitrogens with zero attached hydrogens (tertiary/aromatic N) is 1. The van der Waals surface area contributed by atoms with Gasteiger partial charge in [-0.2, -0.15) is 5.26 Å². The molecule has 0 aromatic rings. The van der Waals surface area contributed by atoms with Gasteiger partial charge in [0.25, 0.3) is 0 Å². The topological polar surface area (TPSA) is 50.1 Å². The van der Waals surface area contributed by atoms with Gasteiger partial charge in [0.2, 0.25) is 0 Å². The molecule has 0 N–H and O–H groups in total. The van der Waals surface area contributed by atoms with Gasteiger partial charge in [0.05, 0.1) is 12.7 Å². The molecular formula is C12H17NO2. The summed E-state index contributed by atoms with van der Waals surface area (Å²) in [6, 6.07) is 1.98. The van der Waals surface area contributed by atoms with Crippen molar-refractivity contribution in [3.8, 4) is 6.07 Å². The van der Waals surface area contributed by atoms with Crippen LogP contribution in [0.3, 0.4) is 0 Å². The van der Waals surface area contributed by atoms with Gasteiger partial charge in [-0.05, 0) is 18.9 Å². The number of carbonyl (C=O) groups excluding carboxylic acids is 1. The van der Waals surface area contributed by atoms with Crippen molar-refractivity contribution in [1.29, 1.82) is 5.26 Å². The van der Waals surface area contributed by atoms with Crippen LogP contribution >= 0.6 is 0 Å². The Morgan fingerprint density at radius 3 is 2.53 bits per heavy atom. The second-order valence-corrected chi connectivity index (χ2v) is 3.55. The number of hydrogen-bond donors (Lipinski definition) is 0. The molecule has 15 heavy (non-hydrogen) atoms. The summed E-state index contributed by atoms with van der Waals surface area (Å²) in [6.45, 7) is 9.37. The summed E-state index contributed by atoms with van der Waals surface area (Å²) in [4.78, 5) is 11.5. The van der Waals surface area contributed by atoms with Crippen molar-refractivity contribution in [1.82, 2.24) is 0 Å². The van der Waals surface area contributed by atoms with E-state index in [-0.39, 0.29) is 11.8 Å². The van der Waals surface area contributed by atoms with E-state index in [1.807, 2.05) is 19.9 Å². The minimum atomic E-state index is -0.765. The fraction of sp³-hybridized carbons (Fsp3) is 0.583. The van der Waals surface area contributed by atoms with E-state index in [0.29, 0.717) is 6.61 Å². The highest BCUT2D eigenvalue weighted by Crippen LogP contribution is 2.23. The molecule has 0 amide bonds. The van der Waals surface area contributed by atoms with Crippen LogP contribution in [0.2, 0.25) is 0 Å². The Morgan fingerprint density at radius 2 is 2.20 bits per heavy atom. The molecule has 0 rings (SSSR count). The lowest BCUT2D eigenvalue weighted by atomic mass is 9.84. The predicted octanol–water partition coefficient (Wildman–Crippen LogP) is 2.30. The van der Waals surface area contributed by atoms with Crippen LogP contribution in [0.25, 0.3) is 0 Å². The Bertz CT molecular complexity index is 295. The van der Waals surface area contributed by atoms with Crippen LogP contribution in [0.1, 0.15) is 20.8 Å². The summed E-state index contributed by atoms with van der Waals surface area (Å²) in [7, 11) is 0. The Balaban J connectivity index is 4.83. The second-order valence-electron chi connectivity index (χ2n) is 3.55. The molecule has 3 nitrogen and oxygen atoms in total. The van der Waals surface area contributed by atoms with Gasteiger partial charge in [0, 0.05) is 5.92 Å². The minimum Gasteiger partial charge on any atom is -0.465 e. The van der Waals surface area contributed by atoms with Crippen molar-refractivity contribution < 1.29 is 9.53 Å². The maximum Gasteiger partial charge on any atom is 0.323 e. The van der Waals surface area contributed by atoms with Gasteiger partial charge >= 0.3 is 5.97 Å². The molecule has 0 spiro atoms. The Hall–Kier alpha value is -1.52. The fourth-order valence-electron chi connectivity index (χ4n) is 1.34. The zero-order valence-corrected chi connectivity index (χ0v) is 9.49. The zero-order chi connectivity index (χ0) is 11.8. The van der Waals surface area contributed by atoms with Crippen LogP contribution < -0.4 is 0 Å². The SMILES string of the molecule is C=C=CC(C(C)C)C(C#N)C(=O)OCC. The Kier molecular flexibility index (Phi) is 6.17. The normalized spacial score (nSPS) is 13.5. The number of nitriles is 1. The number of allylic oxidation sites excluding steroid dienone is 1. The number of carbonyl (C=O) groups is 1. The third kappa shape index (κ3) is 4.01. The first-order valence-corrected chi connectivity index (χ1v) is 5.00. The van der Waals surface area contributed by atoms with Crippen molar-refractivity contribution >= 4 is 5.97 Å². The lowest BCUT2D eigenvalue weighted by Crippen LogP contribution is -2.26. The van der Waals surface area contributed by atoms with Crippen LogP contribution in [0, 0.1) is 29.1 Å². The van der Waals surface area contributed by atoms with E-state index in [2.05, 4.69) is 12.3 Å². The van der Waals surface area contributed by atoms with E-state index in [0.717, 1.165) is 0 Å². The van der Waals surface area contributed by atoms with E-state index in [9.17, 15) is 4.79 Å². The highest BCUT2D eigenvalue weighted by atomic mass is 16.5. The molecule has 0 saturated carbocycles. The summed E-state index contributed by atoms with van der Waals surface area (Å²) in [5.74, 6) is -1.25. The highest BCUT2D eigenvalue weighted by molar-refractivity contribution is 5.75. The quantitative estimate of drug-likeness (QED) is 0.513. The average molecular weight is 207 g/mol. The molecule has 0 aliphatic heterocycles. The molecule has 0 heterocycles. The van der Waals surface area contributed by atoms with Gasteiger partial charge in [-0.3, -0.25) is 4.79 Å². The minimum absolute atomic E-state index is 0.174. The van der Waals surface area contributed by atoms with Gasteiger partial charge in [0.15, 0.2) is 5.92 Å². The summed E-state index contributed by atoms with van der Waals surface area (Å²) in [6.07, 6.45) is 1.66. The van der Waals surface area contributed by atoms with Gasteiger partial charge in [-0.25, -0.2) is 0 Å². The largest absolute Gasteiger partial charge is 0.465 e. The molecule has 0 aliphatic carbocycles. The van der Waals surface area contributed by atoms with E-state index >= 15 is 0 Å². The van der Waals surface area contributed by atoms with Crippen molar-refractivity contribution in [2.75, 3.05) is 6.61 Å². The van der Waals surface area contributed by atoms with Crippen molar-refractivity contribution in [2.45, 2.75) is 20.8 Å². The molecule has 2 atom stereocenters. The van der Waals surface area contributed by atoms with E-state index < -0.39 is 11.9 Å². The standard InChI is InChI=1S/C12H17NO2/c1-5-7-10(9(3)4)11(8-13)12(14)15-6-2/h7,9-11H,1,6H2,2-4H3. The van der Waals surface area contributed by atoms with Crippen molar-refractivity contribution in [3.05, 3.63) is 18.4 Å². The molecule has 3 heteroatoms. The molecule has 0 saturated heterocycles. The third-order valence-electron chi connectivity index (χ3n) is 2.14. The molecule has 0 fully saturated rings. The molecule has 0 aromatic carbocycles. The maximum atomic E-state index is 11.5. The molecule has 0 aliphatic rings. The molecule has 82 valence electrons. The van der Waals surface area contributed by atoms with E-state index in [1.54, 1.807) is 13.0 Å². The van der Waals surface area contributed by atoms with Gasteiger partial charge in [-0.15, -0.1) is 5.73 Å². The summed E-state index contributed by atoms with van der Waals surface area (Å²) in [5.41, 5.74) is 2.63. The monoisotopic (exact) mass is 207 g/mol. The summed E-state index contributed by atoms with van der Waals surface area (Å²) in [5, 5.41) is 8.95. The number of rotatable bonds is 5. The van der Waals surface area contributed by atoms with E-state index in [1.165, 1.54) is 0 Å². The second kappa shape index (κ2) is 6.86. The Morgan fingerprint density at radius 1 is 1.60 bits per heavy atom. The zero-order valence-electron chi connectivity index (χ0n) is 9.49. The molecule has 0 radical (unpaired) electrons. The van der Waals surface area contributed by atoms with Crippen molar-refractivity contribution in [3.63, 3.8) is 0 Å². The highest BCUT2D eigenvalue weighted by Gasteiger charge is 2.29. The Labute approximate surface area is 91.0 Å².